The van der Waals surface area contributed by atoms with Gasteiger partial charge in [-0.05, 0) is 37.3 Å². The maximum absolute atomic E-state index is 13.6. The predicted molar refractivity (Wildman–Crippen MR) is 71.0 cm³/mol. The van der Waals surface area contributed by atoms with E-state index < -0.39 is 5.82 Å². The van der Waals surface area contributed by atoms with Gasteiger partial charge >= 0.3 is 0 Å². The Kier molecular flexibility index (Phi) is 3.72. The second kappa shape index (κ2) is 5.27. The van der Waals surface area contributed by atoms with E-state index in [-0.39, 0.29) is 11.6 Å². The highest BCUT2D eigenvalue weighted by Crippen LogP contribution is 2.20. The number of pyridine rings is 1. The molecule has 1 aromatic carbocycles. The topological polar surface area (TPSA) is 42.0 Å². The molecular formula is C13H10BrFN2O. The lowest BCUT2D eigenvalue weighted by Crippen LogP contribution is -2.14. The van der Waals surface area contributed by atoms with Crippen molar-refractivity contribution in [2.75, 3.05) is 5.32 Å². The molecule has 2 rings (SSSR count). The van der Waals surface area contributed by atoms with Crippen LogP contribution in [0, 0.1) is 12.7 Å². The van der Waals surface area contributed by atoms with Crippen LogP contribution in [0.1, 0.15) is 16.1 Å². The number of amides is 1. The molecule has 5 heteroatoms. The van der Waals surface area contributed by atoms with Crippen LogP contribution in [0.3, 0.4) is 0 Å². The number of hydrogen-bond donors (Lipinski definition) is 1. The molecule has 1 N–H and O–H groups in total. The van der Waals surface area contributed by atoms with Crippen molar-refractivity contribution in [2.45, 2.75) is 6.92 Å². The molecule has 92 valence electrons. The van der Waals surface area contributed by atoms with E-state index in [1.807, 2.05) is 0 Å². The normalized spacial score (nSPS) is 10.2. The lowest BCUT2D eigenvalue weighted by atomic mass is 10.2. The Morgan fingerprint density at radius 3 is 2.83 bits per heavy atom. The fraction of sp³-hybridized carbons (Fsp3) is 0.0769. The molecule has 0 bridgehead atoms. The molecule has 0 spiro atoms. The van der Waals surface area contributed by atoms with Gasteiger partial charge in [0.25, 0.3) is 5.91 Å². The number of aromatic nitrogens is 1. The van der Waals surface area contributed by atoms with Gasteiger partial charge in [-0.2, -0.15) is 0 Å². The quantitative estimate of drug-likeness (QED) is 0.922. The molecule has 1 aromatic heterocycles. The number of carbonyl (C=O) groups excluding carboxylic acids is 1. The Morgan fingerprint density at radius 1 is 1.39 bits per heavy atom. The zero-order valence-corrected chi connectivity index (χ0v) is 11.2. The number of benzene rings is 1. The van der Waals surface area contributed by atoms with Crippen LogP contribution in [0.2, 0.25) is 0 Å². The molecule has 0 saturated heterocycles. The number of rotatable bonds is 2. The molecule has 1 heterocycles. The second-order valence-corrected chi connectivity index (χ2v) is 4.63. The van der Waals surface area contributed by atoms with Crippen LogP contribution >= 0.6 is 15.9 Å². The van der Waals surface area contributed by atoms with Crippen molar-refractivity contribution >= 4 is 27.5 Å². The maximum atomic E-state index is 13.6. The summed E-state index contributed by atoms with van der Waals surface area (Å²) >= 11 is 3.16. The van der Waals surface area contributed by atoms with Gasteiger partial charge in [-0.1, -0.05) is 15.9 Å². The number of anilines is 1. The second-order valence-electron chi connectivity index (χ2n) is 3.71. The van der Waals surface area contributed by atoms with Gasteiger partial charge in [0.05, 0.1) is 11.3 Å². The molecule has 0 aliphatic heterocycles. The fourth-order valence-electron chi connectivity index (χ4n) is 1.50. The number of carbonyl (C=O) groups is 1. The van der Waals surface area contributed by atoms with Gasteiger partial charge in [0, 0.05) is 16.4 Å². The number of halogens is 2. The van der Waals surface area contributed by atoms with Crippen LogP contribution in [-0.4, -0.2) is 10.9 Å². The summed E-state index contributed by atoms with van der Waals surface area (Å²) in [5.74, 6) is -0.860. The molecular weight excluding hydrogens is 299 g/mol. The highest BCUT2D eigenvalue weighted by molar-refractivity contribution is 9.10. The Labute approximate surface area is 112 Å². The first-order valence-electron chi connectivity index (χ1n) is 5.26. The first-order valence-corrected chi connectivity index (χ1v) is 6.05. The van der Waals surface area contributed by atoms with Gasteiger partial charge < -0.3 is 5.32 Å². The van der Waals surface area contributed by atoms with E-state index >= 15 is 0 Å². The highest BCUT2D eigenvalue weighted by Gasteiger charge is 2.11. The maximum Gasteiger partial charge on any atom is 0.257 e. The summed E-state index contributed by atoms with van der Waals surface area (Å²) < 4.78 is 14.2. The van der Waals surface area contributed by atoms with Crippen molar-refractivity contribution in [3.63, 3.8) is 0 Å². The molecule has 3 nitrogen and oxygen atoms in total. The number of nitrogens with zero attached hydrogens (tertiary/aromatic N) is 1. The molecule has 0 radical (unpaired) electrons. The van der Waals surface area contributed by atoms with E-state index in [9.17, 15) is 9.18 Å². The van der Waals surface area contributed by atoms with Gasteiger partial charge in [-0.15, -0.1) is 0 Å². The Bertz CT molecular complexity index is 601. The molecule has 0 saturated carbocycles. The van der Waals surface area contributed by atoms with E-state index in [2.05, 4.69) is 26.2 Å². The number of hydrogen-bond acceptors (Lipinski definition) is 2. The van der Waals surface area contributed by atoms with Crippen molar-refractivity contribution < 1.29 is 9.18 Å². The summed E-state index contributed by atoms with van der Waals surface area (Å²) in [5, 5.41) is 2.52. The molecule has 0 aliphatic carbocycles. The first kappa shape index (κ1) is 12.7. The summed E-state index contributed by atoms with van der Waals surface area (Å²) in [6.45, 7) is 1.73. The Morgan fingerprint density at radius 2 is 2.17 bits per heavy atom. The number of aryl methyl sites for hydroxylation is 1. The summed E-state index contributed by atoms with van der Waals surface area (Å²) in [7, 11) is 0. The molecule has 18 heavy (non-hydrogen) atoms. The molecule has 0 unspecified atom stereocenters. The Balaban J connectivity index is 2.24. The smallest absolute Gasteiger partial charge is 0.257 e. The molecule has 1 amide bonds. The SMILES string of the molecule is Cc1ncccc1C(=O)Nc1ccc(Br)cc1F. The molecule has 2 aromatic rings. The van der Waals surface area contributed by atoms with Crippen LogP contribution in [0.5, 0.6) is 0 Å². The van der Waals surface area contributed by atoms with Gasteiger partial charge in [-0.25, -0.2) is 4.39 Å². The zero-order valence-electron chi connectivity index (χ0n) is 9.58. The van der Waals surface area contributed by atoms with E-state index in [0.29, 0.717) is 15.7 Å². The summed E-state index contributed by atoms with van der Waals surface area (Å²) in [4.78, 5) is 16.0. The monoisotopic (exact) mass is 308 g/mol. The van der Waals surface area contributed by atoms with Gasteiger partial charge in [0.1, 0.15) is 5.82 Å². The summed E-state index contributed by atoms with van der Waals surface area (Å²) in [6, 6.07) is 7.78. The Hall–Kier alpha value is -1.75. The van der Waals surface area contributed by atoms with Gasteiger partial charge in [0.2, 0.25) is 0 Å². The highest BCUT2D eigenvalue weighted by atomic mass is 79.9. The van der Waals surface area contributed by atoms with Crippen LogP contribution in [-0.2, 0) is 0 Å². The van der Waals surface area contributed by atoms with Crippen LogP contribution < -0.4 is 5.32 Å². The lowest BCUT2D eigenvalue weighted by Gasteiger charge is -2.08. The summed E-state index contributed by atoms with van der Waals surface area (Å²) in [6.07, 6.45) is 1.60. The number of nitrogens with one attached hydrogen (secondary N) is 1. The molecule has 0 aliphatic rings. The van der Waals surface area contributed by atoms with Crippen molar-refractivity contribution in [1.82, 2.24) is 4.98 Å². The van der Waals surface area contributed by atoms with Crippen LogP contribution in [0.25, 0.3) is 0 Å². The van der Waals surface area contributed by atoms with E-state index in [0.717, 1.165) is 0 Å². The zero-order chi connectivity index (χ0) is 13.1. The third-order valence-corrected chi connectivity index (χ3v) is 2.92. The van der Waals surface area contributed by atoms with Gasteiger partial charge in [-0.3, -0.25) is 9.78 Å². The minimum absolute atomic E-state index is 0.145. The minimum Gasteiger partial charge on any atom is -0.319 e. The van der Waals surface area contributed by atoms with Crippen molar-refractivity contribution in [3.8, 4) is 0 Å². The van der Waals surface area contributed by atoms with Crippen LogP contribution in [0.4, 0.5) is 10.1 Å². The molecule has 0 fully saturated rings. The van der Waals surface area contributed by atoms with Crippen molar-refractivity contribution in [1.29, 1.82) is 0 Å². The average molecular weight is 309 g/mol. The van der Waals surface area contributed by atoms with Crippen molar-refractivity contribution in [2.24, 2.45) is 0 Å². The van der Waals surface area contributed by atoms with E-state index in [1.165, 1.54) is 12.1 Å². The van der Waals surface area contributed by atoms with Crippen molar-refractivity contribution in [3.05, 3.63) is 58.1 Å². The first-order chi connectivity index (χ1) is 8.58. The standard InChI is InChI=1S/C13H10BrFN2O/c1-8-10(3-2-6-16-8)13(18)17-12-5-4-9(14)7-11(12)15/h2-7H,1H3,(H,17,18). The fourth-order valence-corrected chi connectivity index (χ4v) is 1.84. The van der Waals surface area contributed by atoms with E-state index in [4.69, 9.17) is 0 Å². The van der Waals surface area contributed by atoms with Gasteiger partial charge in [0.15, 0.2) is 0 Å². The summed E-state index contributed by atoms with van der Waals surface area (Å²) in [5.41, 5.74) is 1.18. The largest absolute Gasteiger partial charge is 0.319 e. The van der Waals surface area contributed by atoms with Crippen LogP contribution in [0.15, 0.2) is 41.0 Å². The third-order valence-electron chi connectivity index (χ3n) is 2.43. The van der Waals surface area contributed by atoms with E-state index in [1.54, 1.807) is 31.3 Å². The predicted octanol–water partition coefficient (Wildman–Crippen LogP) is 3.54. The minimum atomic E-state index is -0.487. The molecule has 0 atom stereocenters. The average Bonchev–Trinajstić information content (AvgIpc) is 2.33. The third kappa shape index (κ3) is 2.73. The lowest BCUT2D eigenvalue weighted by molar-refractivity contribution is 0.102.